The van der Waals surface area contributed by atoms with Gasteiger partial charge in [0.05, 0.1) is 23.5 Å². The van der Waals surface area contributed by atoms with Crippen LogP contribution in [0, 0.1) is 5.82 Å². The third-order valence-electron chi connectivity index (χ3n) is 4.78. The Morgan fingerprint density at radius 3 is 2.83 bits per heavy atom. The minimum atomic E-state index is -1.19. The number of anilines is 1. The summed E-state index contributed by atoms with van der Waals surface area (Å²) < 4.78 is 20.0. The van der Waals surface area contributed by atoms with Gasteiger partial charge in [0.25, 0.3) is 5.91 Å². The Bertz CT molecular complexity index is 983. The average Bonchev–Trinajstić information content (AvgIpc) is 3.00. The second-order valence-corrected chi connectivity index (χ2v) is 7.20. The van der Waals surface area contributed by atoms with E-state index in [9.17, 15) is 14.0 Å². The monoisotopic (exact) mass is 421 g/mol. The molecule has 0 aromatic carbocycles. The first-order valence-corrected chi connectivity index (χ1v) is 9.38. The SMILES string of the molecule is O=C(O)CN1Cc2c(F)cc(-c3nc(NC4CCOCC4)ncc3Cl)nc2C1=O. The summed E-state index contributed by atoms with van der Waals surface area (Å²) in [5.41, 5.74) is 0.192. The Labute approximate surface area is 169 Å². The molecule has 9 nitrogen and oxygen atoms in total. The van der Waals surface area contributed by atoms with Crippen LogP contribution < -0.4 is 5.32 Å². The number of carbonyl (C=O) groups excluding carboxylic acids is 1. The zero-order valence-electron chi connectivity index (χ0n) is 15.2. The topological polar surface area (TPSA) is 118 Å². The number of nitrogens with one attached hydrogen (secondary N) is 1. The highest BCUT2D eigenvalue weighted by Gasteiger charge is 2.33. The van der Waals surface area contributed by atoms with Gasteiger partial charge in [0.15, 0.2) is 0 Å². The summed E-state index contributed by atoms with van der Waals surface area (Å²) in [6.07, 6.45) is 3.00. The molecule has 2 N–H and O–H groups in total. The number of hydrogen-bond acceptors (Lipinski definition) is 7. The molecule has 11 heteroatoms. The van der Waals surface area contributed by atoms with Gasteiger partial charge in [-0.3, -0.25) is 9.59 Å². The van der Waals surface area contributed by atoms with E-state index in [0.29, 0.717) is 19.2 Å². The van der Waals surface area contributed by atoms with Gasteiger partial charge < -0.3 is 20.1 Å². The number of rotatable bonds is 5. The van der Waals surface area contributed by atoms with Crippen LogP contribution in [0.3, 0.4) is 0 Å². The maximum atomic E-state index is 14.6. The standard InChI is InChI=1S/C18H17ClFN5O4/c19-11-6-21-18(22-9-1-3-29-4-2-9)24-16(11)13-5-12(20)10-7-25(8-14(26)27)17(28)15(10)23-13/h5-6,9H,1-4,7-8H2,(H,26,27)(H,21,22,24). The third kappa shape index (κ3) is 3.99. The number of carbonyl (C=O) groups is 2. The fourth-order valence-corrected chi connectivity index (χ4v) is 3.52. The number of amides is 1. The van der Waals surface area contributed by atoms with Crippen LogP contribution in [0.15, 0.2) is 12.3 Å². The van der Waals surface area contributed by atoms with Gasteiger partial charge in [0.2, 0.25) is 5.95 Å². The molecular formula is C18H17ClFN5O4. The van der Waals surface area contributed by atoms with Crippen molar-refractivity contribution in [3.63, 3.8) is 0 Å². The van der Waals surface area contributed by atoms with Crippen LogP contribution in [0.5, 0.6) is 0 Å². The molecule has 4 rings (SSSR count). The number of carboxylic acid groups (broad SMARTS) is 1. The molecule has 4 heterocycles. The smallest absolute Gasteiger partial charge is 0.323 e. The number of halogens is 2. The van der Waals surface area contributed by atoms with E-state index < -0.39 is 24.2 Å². The molecule has 2 aliphatic rings. The molecule has 2 aromatic rings. The Balaban J connectivity index is 1.65. The fourth-order valence-electron chi connectivity index (χ4n) is 3.33. The lowest BCUT2D eigenvalue weighted by atomic mass is 10.1. The van der Waals surface area contributed by atoms with E-state index in [1.165, 1.54) is 6.20 Å². The first-order valence-electron chi connectivity index (χ1n) is 9.00. The van der Waals surface area contributed by atoms with E-state index in [0.717, 1.165) is 23.8 Å². The van der Waals surface area contributed by atoms with Crippen molar-refractivity contribution in [2.24, 2.45) is 0 Å². The van der Waals surface area contributed by atoms with E-state index in [1.807, 2.05) is 0 Å². The molecule has 0 atom stereocenters. The van der Waals surface area contributed by atoms with Crippen LogP contribution in [-0.4, -0.2) is 62.6 Å². The van der Waals surface area contributed by atoms with Crippen LogP contribution in [0.1, 0.15) is 28.9 Å². The van der Waals surface area contributed by atoms with Crippen LogP contribution >= 0.6 is 11.6 Å². The molecule has 0 spiro atoms. The number of pyridine rings is 1. The Morgan fingerprint density at radius 2 is 2.10 bits per heavy atom. The molecule has 0 aliphatic carbocycles. The number of nitrogens with zero attached hydrogens (tertiary/aromatic N) is 4. The van der Waals surface area contributed by atoms with Crippen molar-refractivity contribution >= 4 is 29.4 Å². The van der Waals surface area contributed by atoms with Gasteiger partial charge in [-0.05, 0) is 12.8 Å². The van der Waals surface area contributed by atoms with E-state index >= 15 is 0 Å². The Kier molecular flexibility index (Phi) is 5.29. The molecule has 1 amide bonds. The van der Waals surface area contributed by atoms with Crippen molar-refractivity contribution < 1.29 is 23.8 Å². The van der Waals surface area contributed by atoms with E-state index in [-0.39, 0.29) is 40.3 Å². The lowest BCUT2D eigenvalue weighted by molar-refractivity contribution is -0.137. The summed E-state index contributed by atoms with van der Waals surface area (Å²) in [4.78, 5) is 37.1. The summed E-state index contributed by atoms with van der Waals surface area (Å²) in [5.74, 6) is -2.18. The summed E-state index contributed by atoms with van der Waals surface area (Å²) in [6, 6.07) is 1.29. The van der Waals surface area contributed by atoms with Crippen molar-refractivity contribution in [1.29, 1.82) is 0 Å². The van der Waals surface area contributed by atoms with E-state index in [2.05, 4.69) is 20.3 Å². The molecule has 152 valence electrons. The second kappa shape index (κ2) is 7.88. The van der Waals surface area contributed by atoms with Crippen molar-refractivity contribution in [3.8, 4) is 11.4 Å². The summed E-state index contributed by atoms with van der Waals surface area (Å²) in [7, 11) is 0. The molecule has 0 unspecified atom stereocenters. The first-order chi connectivity index (χ1) is 13.9. The lowest BCUT2D eigenvalue weighted by Gasteiger charge is -2.23. The summed E-state index contributed by atoms with van der Waals surface area (Å²) in [6.45, 7) is 0.611. The molecule has 1 fully saturated rings. The summed E-state index contributed by atoms with van der Waals surface area (Å²) >= 11 is 6.20. The number of aromatic nitrogens is 3. The zero-order valence-corrected chi connectivity index (χ0v) is 15.9. The quantitative estimate of drug-likeness (QED) is 0.752. The maximum absolute atomic E-state index is 14.6. The number of fused-ring (bicyclic) bond motifs is 1. The predicted octanol–water partition coefficient (Wildman–Crippen LogP) is 1.96. The molecule has 2 aliphatic heterocycles. The van der Waals surface area contributed by atoms with Gasteiger partial charge in [-0.1, -0.05) is 11.6 Å². The Hall–Kier alpha value is -2.85. The average molecular weight is 422 g/mol. The molecule has 2 aromatic heterocycles. The van der Waals surface area contributed by atoms with Gasteiger partial charge in [-0.15, -0.1) is 0 Å². The van der Waals surface area contributed by atoms with Gasteiger partial charge in [0.1, 0.15) is 23.7 Å². The molecule has 0 saturated carbocycles. The van der Waals surface area contributed by atoms with Gasteiger partial charge in [-0.25, -0.2) is 19.3 Å². The highest BCUT2D eigenvalue weighted by atomic mass is 35.5. The normalized spacial score (nSPS) is 16.8. The van der Waals surface area contributed by atoms with E-state index in [1.54, 1.807) is 0 Å². The number of ether oxygens (including phenoxy) is 1. The summed E-state index contributed by atoms with van der Waals surface area (Å²) in [5, 5.41) is 12.3. The van der Waals surface area contributed by atoms with Crippen molar-refractivity contribution in [1.82, 2.24) is 19.9 Å². The second-order valence-electron chi connectivity index (χ2n) is 6.79. The van der Waals surface area contributed by atoms with E-state index in [4.69, 9.17) is 21.4 Å². The predicted molar refractivity (Wildman–Crippen MR) is 100 cm³/mol. The molecule has 0 radical (unpaired) electrons. The fraction of sp³-hybridized carbons (Fsp3) is 0.389. The molecule has 1 saturated heterocycles. The van der Waals surface area contributed by atoms with Crippen LogP contribution in [0.2, 0.25) is 5.02 Å². The van der Waals surface area contributed by atoms with Gasteiger partial charge in [0, 0.05) is 30.9 Å². The van der Waals surface area contributed by atoms with Gasteiger partial charge >= 0.3 is 5.97 Å². The van der Waals surface area contributed by atoms with Crippen LogP contribution in [0.4, 0.5) is 10.3 Å². The molecule has 29 heavy (non-hydrogen) atoms. The maximum Gasteiger partial charge on any atom is 0.323 e. The van der Waals surface area contributed by atoms with Crippen molar-refractivity contribution in [2.75, 3.05) is 25.1 Å². The minimum absolute atomic E-state index is 0.0609. The first kappa shape index (κ1) is 19.5. The van der Waals surface area contributed by atoms with Crippen molar-refractivity contribution in [3.05, 3.63) is 34.4 Å². The number of carboxylic acids is 1. The molecular weight excluding hydrogens is 405 g/mol. The highest BCUT2D eigenvalue weighted by Crippen LogP contribution is 2.31. The lowest BCUT2D eigenvalue weighted by Crippen LogP contribution is -2.30. The number of hydrogen-bond donors (Lipinski definition) is 2. The highest BCUT2D eigenvalue weighted by molar-refractivity contribution is 6.32. The van der Waals surface area contributed by atoms with Crippen molar-refractivity contribution in [2.45, 2.75) is 25.4 Å². The Morgan fingerprint density at radius 1 is 1.34 bits per heavy atom. The van der Waals surface area contributed by atoms with Crippen LogP contribution in [0.25, 0.3) is 11.4 Å². The minimum Gasteiger partial charge on any atom is -0.480 e. The van der Waals surface area contributed by atoms with Crippen LogP contribution in [-0.2, 0) is 16.1 Å². The molecule has 0 bridgehead atoms. The third-order valence-corrected chi connectivity index (χ3v) is 5.05. The zero-order chi connectivity index (χ0) is 20.5. The van der Waals surface area contributed by atoms with Gasteiger partial charge in [-0.2, -0.15) is 0 Å². The largest absolute Gasteiger partial charge is 0.480 e. The number of aliphatic carboxylic acids is 1.